The van der Waals surface area contributed by atoms with E-state index >= 15 is 4.57 Å². The monoisotopic (exact) mass is 553 g/mol. The van der Waals surface area contributed by atoms with E-state index in [-0.39, 0.29) is 18.0 Å². The number of hydrogen-bond acceptors (Lipinski definition) is 5. The van der Waals surface area contributed by atoms with Crippen molar-refractivity contribution in [2.24, 2.45) is 0 Å². The molecule has 1 heterocycles. The molecule has 200 valence electrons. The Morgan fingerprint density at radius 2 is 1.74 bits per heavy atom. The third-order valence-corrected chi connectivity index (χ3v) is 10.3. The third-order valence-electron chi connectivity index (χ3n) is 6.11. The van der Waals surface area contributed by atoms with Gasteiger partial charge < -0.3 is 4.57 Å². The molecule has 9 heteroatoms. The number of halogens is 1. The number of nitrogens with zero attached hydrogens (tertiary/aromatic N) is 3. The van der Waals surface area contributed by atoms with Gasteiger partial charge in [-0.05, 0) is 37.1 Å². The first kappa shape index (κ1) is 29.2. The van der Waals surface area contributed by atoms with E-state index in [9.17, 15) is 12.8 Å². The van der Waals surface area contributed by atoms with Gasteiger partial charge in [-0.3, -0.25) is 0 Å². The van der Waals surface area contributed by atoms with Crippen molar-refractivity contribution in [3.8, 4) is 11.3 Å². The number of aromatic nitrogens is 2. The Morgan fingerprint density at radius 3 is 2.26 bits per heavy atom. The van der Waals surface area contributed by atoms with Gasteiger partial charge in [-0.25, -0.2) is 27.1 Å². The molecule has 6 nitrogen and oxygen atoms in total. The second-order valence-electron chi connectivity index (χ2n) is 9.18. The van der Waals surface area contributed by atoms with Gasteiger partial charge in [-0.1, -0.05) is 75.1 Å². The van der Waals surface area contributed by atoms with Gasteiger partial charge >= 0.3 is 0 Å². The maximum Gasteiger partial charge on any atom is 0.239 e. The van der Waals surface area contributed by atoms with Crippen LogP contribution in [0.1, 0.15) is 37.9 Å². The minimum absolute atomic E-state index is 0.0118. The molecule has 0 fully saturated rings. The van der Waals surface area contributed by atoms with Crippen molar-refractivity contribution in [1.82, 2.24) is 9.97 Å². The molecule has 0 saturated heterocycles. The highest BCUT2D eigenvalue weighted by atomic mass is 32.2. The maximum absolute atomic E-state index is 15.0. The van der Waals surface area contributed by atoms with Crippen LogP contribution in [0.15, 0.2) is 90.8 Å². The zero-order valence-electron chi connectivity index (χ0n) is 22.3. The van der Waals surface area contributed by atoms with Gasteiger partial charge in [0.1, 0.15) is 13.0 Å². The van der Waals surface area contributed by atoms with Gasteiger partial charge in [0.25, 0.3) is 0 Å². The Kier molecular flexibility index (Phi) is 9.23. The number of hydrogen-bond donors (Lipinski definition) is 0. The van der Waals surface area contributed by atoms with Crippen molar-refractivity contribution in [3.05, 3.63) is 108 Å². The molecule has 2 aromatic carbocycles. The lowest BCUT2D eigenvalue weighted by molar-refractivity contribution is 0.584. The van der Waals surface area contributed by atoms with Gasteiger partial charge in [0, 0.05) is 35.0 Å². The van der Waals surface area contributed by atoms with Crippen molar-refractivity contribution in [2.75, 3.05) is 17.6 Å². The highest BCUT2D eigenvalue weighted by Crippen LogP contribution is 2.57. The van der Waals surface area contributed by atoms with E-state index < -0.39 is 23.0 Å². The van der Waals surface area contributed by atoms with Crippen molar-refractivity contribution < 1.29 is 17.4 Å². The fraction of sp³-hybridized carbons (Fsp3) is 0.241. The number of benzene rings is 2. The van der Waals surface area contributed by atoms with Crippen LogP contribution in [0.2, 0.25) is 0 Å². The van der Waals surface area contributed by atoms with Crippen molar-refractivity contribution in [3.63, 3.8) is 0 Å². The van der Waals surface area contributed by atoms with Crippen LogP contribution in [-0.4, -0.2) is 31.7 Å². The molecule has 3 rings (SSSR count). The Balaban J connectivity index is 2.41. The molecule has 38 heavy (non-hydrogen) atoms. The second kappa shape index (κ2) is 12.0. The summed E-state index contributed by atoms with van der Waals surface area (Å²) in [6.07, 6.45) is 8.20. The Hall–Kier alpha value is -3.35. The van der Waals surface area contributed by atoms with Crippen molar-refractivity contribution in [1.29, 1.82) is 0 Å². The molecule has 0 spiro atoms. The van der Waals surface area contributed by atoms with Crippen LogP contribution in [0.3, 0.4) is 0 Å². The largest absolute Gasteiger partial charge is 0.313 e. The normalized spacial score (nSPS) is 14.0. The molecule has 0 amide bonds. The summed E-state index contributed by atoms with van der Waals surface area (Å²) in [6, 6.07) is 15.0. The van der Waals surface area contributed by atoms with Gasteiger partial charge in [-0.2, -0.15) is 0 Å². The Bertz CT molecular complexity index is 1520. The van der Waals surface area contributed by atoms with Crippen LogP contribution in [0, 0.1) is 5.82 Å². The molecule has 1 unspecified atom stereocenters. The van der Waals surface area contributed by atoms with Crippen LogP contribution < -0.4 is 9.61 Å². The van der Waals surface area contributed by atoms with Crippen molar-refractivity contribution in [2.45, 2.75) is 32.9 Å². The van der Waals surface area contributed by atoms with Crippen LogP contribution >= 0.6 is 7.14 Å². The van der Waals surface area contributed by atoms with Crippen molar-refractivity contribution >= 4 is 28.4 Å². The van der Waals surface area contributed by atoms with Gasteiger partial charge in [0.05, 0.1) is 17.6 Å². The molecule has 3 aromatic rings. The lowest BCUT2D eigenvalue weighted by atomic mass is 9.99. The fourth-order valence-electron chi connectivity index (χ4n) is 4.01. The lowest BCUT2D eigenvalue weighted by Crippen LogP contribution is -2.28. The first-order chi connectivity index (χ1) is 17.9. The predicted molar refractivity (Wildman–Crippen MR) is 155 cm³/mol. The van der Waals surface area contributed by atoms with E-state index in [2.05, 4.69) is 16.5 Å². The lowest BCUT2D eigenvalue weighted by Gasteiger charge is -2.25. The predicted octanol–water partition coefficient (Wildman–Crippen LogP) is 6.64. The second-order valence-corrected chi connectivity index (χ2v) is 14.0. The van der Waals surface area contributed by atoms with Crippen LogP contribution in [0.5, 0.6) is 0 Å². The molecule has 0 saturated carbocycles. The first-order valence-corrected chi connectivity index (χ1v) is 15.9. The number of rotatable bonds is 10. The summed E-state index contributed by atoms with van der Waals surface area (Å²) < 4.78 is 54.6. The Morgan fingerprint density at radius 1 is 1.11 bits per heavy atom. The molecule has 0 radical (unpaired) electrons. The van der Waals surface area contributed by atoms with Gasteiger partial charge in [0.15, 0.2) is 0 Å². The van der Waals surface area contributed by atoms with Gasteiger partial charge in [0.2, 0.25) is 16.0 Å². The average Bonchev–Trinajstić information content (AvgIpc) is 2.89. The zero-order valence-corrected chi connectivity index (χ0v) is 24.0. The summed E-state index contributed by atoms with van der Waals surface area (Å²) in [6.45, 7) is 9.68. The quantitative estimate of drug-likeness (QED) is 0.208. The van der Waals surface area contributed by atoms with Crippen LogP contribution in [0.4, 0.5) is 10.3 Å². The third kappa shape index (κ3) is 6.37. The van der Waals surface area contributed by atoms with Crippen LogP contribution in [0.25, 0.3) is 11.3 Å². The maximum atomic E-state index is 15.0. The van der Waals surface area contributed by atoms with Crippen LogP contribution in [-0.2, 0) is 20.8 Å². The molecule has 0 aliphatic heterocycles. The molecular weight excluding hydrogens is 520 g/mol. The van der Waals surface area contributed by atoms with E-state index in [0.29, 0.717) is 33.1 Å². The molecule has 0 aliphatic rings. The summed E-state index contributed by atoms with van der Waals surface area (Å²) >= 11 is 0. The molecule has 0 bridgehead atoms. The standard InChI is InChI=1S/C29H33FN3O3PS/c1-7-9-13-24(8-2)37(34,25-14-11-10-12-15-25)20-26-27(21(3)4)31-29(33(5)38(6,35)36)32-28(26)22-16-18-23(30)19-17-22/h7-19,21H,2,20H2,1,3-6H3/b9-7-,24-13+. The summed E-state index contributed by atoms with van der Waals surface area (Å²) in [7, 11) is -5.60. The van der Waals surface area contributed by atoms with Gasteiger partial charge in [-0.15, -0.1) is 0 Å². The molecule has 0 N–H and O–H groups in total. The fourth-order valence-corrected chi connectivity index (χ4v) is 7.09. The summed E-state index contributed by atoms with van der Waals surface area (Å²) in [5, 5.41) is 1.21. The topological polar surface area (TPSA) is 80.2 Å². The summed E-state index contributed by atoms with van der Waals surface area (Å²) in [5.41, 5.74) is 2.14. The summed E-state index contributed by atoms with van der Waals surface area (Å²) in [5.74, 6) is -0.586. The summed E-state index contributed by atoms with van der Waals surface area (Å²) in [4.78, 5) is 9.29. The number of allylic oxidation sites excluding steroid dienone is 5. The minimum atomic E-state index is -3.66. The van der Waals surface area contributed by atoms with E-state index in [1.165, 1.54) is 19.2 Å². The zero-order chi connectivity index (χ0) is 28.1. The molecular formula is C29H33FN3O3PS. The SMILES string of the molecule is C=C/C(=C\C=C/C)P(=O)(Cc1c(-c2ccc(F)cc2)nc(N(C)S(C)(=O)=O)nc1C(C)C)c1ccccc1. The van der Waals surface area contributed by atoms with E-state index in [1.54, 1.807) is 24.3 Å². The molecule has 1 atom stereocenters. The highest BCUT2D eigenvalue weighted by molar-refractivity contribution is 7.92. The number of sulfonamides is 1. The number of anilines is 1. The van der Waals surface area contributed by atoms with E-state index in [4.69, 9.17) is 0 Å². The average molecular weight is 554 g/mol. The first-order valence-electron chi connectivity index (χ1n) is 12.1. The smallest absolute Gasteiger partial charge is 0.239 e. The van der Waals surface area contributed by atoms with E-state index in [0.717, 1.165) is 10.6 Å². The van der Waals surface area contributed by atoms with E-state index in [1.807, 2.05) is 63.3 Å². The highest BCUT2D eigenvalue weighted by Gasteiger charge is 2.33. The Labute approximate surface area is 225 Å². The molecule has 0 aliphatic carbocycles. The molecule has 1 aromatic heterocycles. The minimum Gasteiger partial charge on any atom is -0.313 e.